The number of carbonyl (C=O) groups excluding carboxylic acids is 1. The van der Waals surface area contributed by atoms with Crippen LogP contribution in [0.15, 0.2) is 62.3 Å². The molecule has 3 aromatic carbocycles. The maximum absolute atomic E-state index is 14.1. The molecule has 0 unspecified atom stereocenters. The summed E-state index contributed by atoms with van der Waals surface area (Å²) in [5.74, 6) is 1.76. The first-order valence-corrected chi connectivity index (χ1v) is 17.4. The molecule has 1 fully saturated rings. The number of fused-ring (bicyclic) bond motifs is 1. The summed E-state index contributed by atoms with van der Waals surface area (Å²) in [4.78, 5) is 31.3. The minimum absolute atomic E-state index is 0.0728. The van der Waals surface area contributed by atoms with E-state index in [1.54, 1.807) is 47.3 Å². The van der Waals surface area contributed by atoms with E-state index in [2.05, 4.69) is 31.1 Å². The van der Waals surface area contributed by atoms with Crippen molar-refractivity contribution in [3.05, 3.63) is 79.6 Å². The molecule has 2 aromatic heterocycles. The average Bonchev–Trinajstić information content (AvgIpc) is 3.63. The van der Waals surface area contributed by atoms with Gasteiger partial charge >= 0.3 is 0 Å². The van der Waals surface area contributed by atoms with E-state index >= 15 is 0 Å². The zero-order chi connectivity index (χ0) is 36.9. The zero-order valence-corrected chi connectivity index (χ0v) is 31.6. The molecule has 1 aliphatic heterocycles. The minimum atomic E-state index is -0.461. The van der Waals surface area contributed by atoms with Gasteiger partial charge in [-0.25, -0.2) is 0 Å². The molecule has 14 nitrogen and oxygen atoms in total. The highest BCUT2D eigenvalue weighted by molar-refractivity contribution is 9.10. The monoisotopic (exact) mass is 797 g/mol. The standard InChI is InChI=1S/C36H37BrClN5O9/c1-46-24-17-27(47-2)31-28(18-24)52-33(21-14-29(48-3)34(50-5)30(15-21)49-4)35(32(31)44)51-20-23-19-43(40-39-23)13-10-41-8-11-42(12-9-41)36(45)25-16-22(37)6-7-26(25)38/h6-7,14-19H,8-13,20H2,1-5H3. The first kappa shape index (κ1) is 36.8. The Morgan fingerprint density at radius 3 is 2.23 bits per heavy atom. The molecule has 1 amide bonds. The SMILES string of the molecule is COc1cc(OC)c2c(=O)c(OCc3cn(CCN4CCN(C(=O)c5cc(Br)ccc5Cl)CC4)nn3)c(-c3cc(OC)c(OC)c(OC)c3)oc2c1. The van der Waals surface area contributed by atoms with Crippen LogP contribution in [0.25, 0.3) is 22.3 Å². The molecule has 0 bridgehead atoms. The predicted octanol–water partition coefficient (Wildman–Crippen LogP) is 5.55. The molecule has 0 saturated carbocycles. The average molecular weight is 799 g/mol. The van der Waals surface area contributed by atoms with Crippen LogP contribution in [0.1, 0.15) is 16.1 Å². The zero-order valence-electron chi connectivity index (χ0n) is 29.2. The van der Waals surface area contributed by atoms with E-state index in [0.29, 0.717) is 84.1 Å². The van der Waals surface area contributed by atoms with Crippen LogP contribution in [0.5, 0.6) is 34.5 Å². The van der Waals surface area contributed by atoms with Gasteiger partial charge in [-0.15, -0.1) is 5.10 Å². The van der Waals surface area contributed by atoms with E-state index in [4.69, 9.17) is 44.4 Å². The number of carbonyl (C=O) groups is 1. The molecule has 0 aliphatic carbocycles. The number of methoxy groups -OCH3 is 5. The maximum atomic E-state index is 14.1. The Kier molecular flexibility index (Phi) is 11.4. The molecule has 0 radical (unpaired) electrons. The number of halogens is 2. The Morgan fingerprint density at radius 2 is 1.58 bits per heavy atom. The summed E-state index contributed by atoms with van der Waals surface area (Å²) < 4.78 is 42.6. The number of amides is 1. The lowest BCUT2D eigenvalue weighted by Crippen LogP contribution is -2.49. The van der Waals surface area contributed by atoms with Crippen LogP contribution in [0, 0.1) is 0 Å². The Bertz CT molecular complexity index is 2120. The first-order chi connectivity index (χ1) is 25.2. The largest absolute Gasteiger partial charge is 0.496 e. The van der Waals surface area contributed by atoms with Gasteiger partial charge in [0.05, 0.1) is 58.9 Å². The summed E-state index contributed by atoms with van der Waals surface area (Å²) in [6, 6.07) is 11.8. The van der Waals surface area contributed by atoms with Crippen LogP contribution in [0.2, 0.25) is 5.02 Å². The van der Waals surface area contributed by atoms with E-state index in [1.165, 1.54) is 35.5 Å². The molecular formula is C36H37BrClN5O9. The summed E-state index contributed by atoms with van der Waals surface area (Å²) in [6.45, 7) is 3.76. The van der Waals surface area contributed by atoms with Crippen LogP contribution in [0.3, 0.4) is 0 Å². The highest BCUT2D eigenvalue weighted by atomic mass is 79.9. The van der Waals surface area contributed by atoms with Crippen molar-refractivity contribution in [1.29, 1.82) is 0 Å². The number of hydrogen-bond acceptors (Lipinski definition) is 12. The van der Waals surface area contributed by atoms with Gasteiger partial charge in [-0.2, -0.15) is 0 Å². The molecule has 6 rings (SSSR count). The van der Waals surface area contributed by atoms with Crippen molar-refractivity contribution >= 4 is 44.4 Å². The fourth-order valence-corrected chi connectivity index (χ4v) is 6.52. The molecule has 0 spiro atoms. The lowest BCUT2D eigenvalue weighted by atomic mass is 10.1. The van der Waals surface area contributed by atoms with Gasteiger partial charge < -0.3 is 37.7 Å². The first-order valence-electron chi connectivity index (χ1n) is 16.2. The Hall–Kier alpha value is -4.99. The Balaban J connectivity index is 1.19. The van der Waals surface area contributed by atoms with Crippen molar-refractivity contribution in [1.82, 2.24) is 24.8 Å². The summed E-state index contributed by atoms with van der Waals surface area (Å²) >= 11 is 9.71. The molecule has 0 N–H and O–H groups in total. The van der Waals surface area contributed by atoms with E-state index < -0.39 is 5.43 Å². The van der Waals surface area contributed by atoms with Crippen LogP contribution in [0.4, 0.5) is 0 Å². The predicted molar refractivity (Wildman–Crippen MR) is 197 cm³/mol. The molecule has 5 aromatic rings. The smallest absolute Gasteiger partial charge is 0.255 e. The highest BCUT2D eigenvalue weighted by Gasteiger charge is 2.26. The third-order valence-corrected chi connectivity index (χ3v) is 9.51. The molecule has 274 valence electrons. The van der Waals surface area contributed by atoms with Gasteiger partial charge in [-0.3, -0.25) is 19.2 Å². The van der Waals surface area contributed by atoms with Crippen molar-refractivity contribution < 1.29 is 37.6 Å². The summed E-state index contributed by atoms with van der Waals surface area (Å²) in [6.07, 6.45) is 1.77. The van der Waals surface area contributed by atoms with E-state index in [9.17, 15) is 9.59 Å². The van der Waals surface area contributed by atoms with E-state index in [0.717, 1.165) is 4.47 Å². The lowest BCUT2D eigenvalue weighted by molar-refractivity contribution is 0.0632. The van der Waals surface area contributed by atoms with E-state index in [-0.39, 0.29) is 40.7 Å². The third-order valence-electron chi connectivity index (χ3n) is 8.69. The molecule has 1 saturated heterocycles. The number of ether oxygens (including phenoxy) is 6. The molecular weight excluding hydrogens is 762 g/mol. The van der Waals surface area contributed by atoms with Crippen molar-refractivity contribution in [3.8, 4) is 45.8 Å². The molecule has 0 atom stereocenters. The van der Waals surface area contributed by atoms with Crippen molar-refractivity contribution in [2.75, 3.05) is 68.3 Å². The Morgan fingerprint density at radius 1 is 0.865 bits per heavy atom. The van der Waals surface area contributed by atoms with Crippen LogP contribution >= 0.6 is 27.5 Å². The second kappa shape index (κ2) is 16.1. The number of piperazine rings is 1. The minimum Gasteiger partial charge on any atom is -0.496 e. The highest BCUT2D eigenvalue weighted by Crippen LogP contribution is 2.44. The molecule has 3 heterocycles. The van der Waals surface area contributed by atoms with Gasteiger partial charge in [0.2, 0.25) is 16.9 Å². The van der Waals surface area contributed by atoms with Crippen molar-refractivity contribution in [2.24, 2.45) is 0 Å². The van der Waals surface area contributed by atoms with Gasteiger partial charge in [0, 0.05) is 54.9 Å². The van der Waals surface area contributed by atoms with Gasteiger partial charge in [0.15, 0.2) is 17.3 Å². The molecule has 16 heteroatoms. The second-order valence-electron chi connectivity index (χ2n) is 11.7. The van der Waals surface area contributed by atoms with Crippen molar-refractivity contribution in [2.45, 2.75) is 13.2 Å². The normalized spacial score (nSPS) is 13.2. The number of aromatic nitrogens is 3. The van der Waals surface area contributed by atoms with Gasteiger partial charge in [-0.1, -0.05) is 32.7 Å². The fourth-order valence-electron chi connectivity index (χ4n) is 5.97. The van der Waals surface area contributed by atoms with Crippen molar-refractivity contribution in [3.63, 3.8) is 0 Å². The second-order valence-corrected chi connectivity index (χ2v) is 13.0. The third kappa shape index (κ3) is 7.61. The quantitative estimate of drug-likeness (QED) is 0.148. The van der Waals surface area contributed by atoms with Gasteiger partial charge in [0.1, 0.15) is 34.8 Å². The number of benzene rings is 3. The van der Waals surface area contributed by atoms with Crippen LogP contribution in [-0.2, 0) is 13.2 Å². The maximum Gasteiger partial charge on any atom is 0.255 e. The topological polar surface area (TPSA) is 140 Å². The van der Waals surface area contributed by atoms with Gasteiger partial charge in [-0.05, 0) is 30.3 Å². The van der Waals surface area contributed by atoms with Gasteiger partial charge in [0.25, 0.3) is 5.91 Å². The summed E-state index contributed by atoms with van der Waals surface area (Å²) in [7, 11) is 7.46. The lowest BCUT2D eigenvalue weighted by Gasteiger charge is -2.34. The molecule has 1 aliphatic rings. The summed E-state index contributed by atoms with van der Waals surface area (Å²) in [5, 5.41) is 9.16. The van der Waals surface area contributed by atoms with Crippen LogP contribution in [-0.4, -0.2) is 99.0 Å². The fraction of sp³-hybridized carbons (Fsp3) is 0.333. The van der Waals surface area contributed by atoms with E-state index in [1.807, 2.05) is 11.0 Å². The number of hydrogen-bond donors (Lipinski definition) is 0. The Labute approximate surface area is 312 Å². The molecule has 52 heavy (non-hydrogen) atoms. The number of rotatable bonds is 13. The number of nitrogens with zero attached hydrogens (tertiary/aromatic N) is 5. The summed E-state index contributed by atoms with van der Waals surface area (Å²) in [5.41, 5.74) is 1.19. The van der Waals surface area contributed by atoms with Crippen LogP contribution < -0.4 is 33.8 Å².